The van der Waals surface area contributed by atoms with Crippen LogP contribution in [-0.4, -0.2) is 25.1 Å². The van der Waals surface area contributed by atoms with Gasteiger partial charge in [0.05, 0.1) is 0 Å². The molecule has 3 amide bonds. The molecule has 4 N–H and O–H groups in total. The number of nitrogens with one attached hydrogen (secondary N) is 2. The molecular weight excluding hydrogens is 174 g/mol. The molecule has 0 rings (SSSR count). The SMILES string of the molecule is CCCCNC(=O)NOCC(N)=O. The van der Waals surface area contributed by atoms with Crippen LogP contribution in [0, 0.1) is 0 Å². The van der Waals surface area contributed by atoms with Crippen LogP contribution in [0.25, 0.3) is 0 Å². The van der Waals surface area contributed by atoms with Crippen LogP contribution >= 0.6 is 0 Å². The first kappa shape index (κ1) is 11.7. The Labute approximate surface area is 76.8 Å². The number of rotatable bonds is 6. The van der Waals surface area contributed by atoms with E-state index in [1.165, 1.54) is 0 Å². The first-order valence-corrected chi connectivity index (χ1v) is 4.10. The summed E-state index contributed by atoms with van der Waals surface area (Å²) in [5.41, 5.74) is 6.79. The number of hydrogen-bond acceptors (Lipinski definition) is 3. The van der Waals surface area contributed by atoms with E-state index in [2.05, 4.69) is 10.2 Å². The lowest BCUT2D eigenvalue weighted by atomic mass is 10.3. The van der Waals surface area contributed by atoms with E-state index in [1.54, 1.807) is 0 Å². The van der Waals surface area contributed by atoms with Gasteiger partial charge in [-0.05, 0) is 6.42 Å². The van der Waals surface area contributed by atoms with Crippen LogP contribution in [0.2, 0.25) is 0 Å². The summed E-state index contributed by atoms with van der Waals surface area (Å²) in [4.78, 5) is 25.4. The molecule has 13 heavy (non-hydrogen) atoms. The molecule has 0 atom stereocenters. The lowest BCUT2D eigenvalue weighted by molar-refractivity contribution is -0.124. The van der Waals surface area contributed by atoms with Crippen LogP contribution in [0.3, 0.4) is 0 Å². The predicted octanol–water partition coefficient (Wildman–Crippen LogP) is -0.497. The molecule has 0 saturated heterocycles. The van der Waals surface area contributed by atoms with Gasteiger partial charge in [-0.2, -0.15) is 0 Å². The fraction of sp³-hybridized carbons (Fsp3) is 0.714. The van der Waals surface area contributed by atoms with Gasteiger partial charge in [0.25, 0.3) is 0 Å². The number of amides is 3. The lowest BCUT2D eigenvalue weighted by Crippen LogP contribution is -2.37. The number of primary amides is 1. The van der Waals surface area contributed by atoms with Crippen LogP contribution < -0.4 is 16.5 Å². The van der Waals surface area contributed by atoms with E-state index in [9.17, 15) is 9.59 Å². The van der Waals surface area contributed by atoms with E-state index in [4.69, 9.17) is 5.73 Å². The molecule has 6 heteroatoms. The van der Waals surface area contributed by atoms with Crippen molar-refractivity contribution >= 4 is 11.9 Å². The highest BCUT2D eigenvalue weighted by Gasteiger charge is 1.99. The van der Waals surface area contributed by atoms with Crippen LogP contribution in [0.4, 0.5) is 4.79 Å². The molecule has 0 aromatic rings. The number of urea groups is 1. The standard InChI is InChI=1S/C7H15N3O3/c1-2-3-4-9-7(12)10-13-5-6(8)11/h2-5H2,1H3,(H2,8,11)(H2,9,10,12). The van der Waals surface area contributed by atoms with E-state index in [0.29, 0.717) is 6.54 Å². The zero-order valence-electron chi connectivity index (χ0n) is 7.63. The van der Waals surface area contributed by atoms with Crippen LogP contribution in [0.15, 0.2) is 0 Å². The molecule has 6 nitrogen and oxygen atoms in total. The first-order valence-electron chi connectivity index (χ1n) is 4.10. The topological polar surface area (TPSA) is 93.4 Å². The molecular formula is C7H15N3O3. The maximum Gasteiger partial charge on any atom is 0.338 e. The van der Waals surface area contributed by atoms with Gasteiger partial charge in [0, 0.05) is 6.54 Å². The maximum absolute atomic E-state index is 10.8. The normalized spacial score (nSPS) is 9.31. The molecule has 0 aromatic heterocycles. The molecule has 0 aliphatic rings. The van der Waals surface area contributed by atoms with Gasteiger partial charge in [-0.1, -0.05) is 13.3 Å². The number of carbonyl (C=O) groups is 2. The van der Waals surface area contributed by atoms with E-state index in [0.717, 1.165) is 12.8 Å². The predicted molar refractivity (Wildman–Crippen MR) is 46.6 cm³/mol. The van der Waals surface area contributed by atoms with Crippen molar-refractivity contribution in [2.75, 3.05) is 13.2 Å². The van der Waals surface area contributed by atoms with Gasteiger partial charge in [0.2, 0.25) is 5.91 Å². The molecule has 0 unspecified atom stereocenters. The van der Waals surface area contributed by atoms with Crippen molar-refractivity contribution in [1.29, 1.82) is 0 Å². The third-order valence-electron chi connectivity index (χ3n) is 1.20. The molecule has 76 valence electrons. The highest BCUT2D eigenvalue weighted by molar-refractivity contribution is 5.76. The Morgan fingerprint density at radius 1 is 1.46 bits per heavy atom. The van der Waals surface area contributed by atoms with Gasteiger partial charge in [0.15, 0.2) is 6.61 Å². The van der Waals surface area contributed by atoms with Gasteiger partial charge in [0.1, 0.15) is 0 Å². The Morgan fingerprint density at radius 3 is 2.69 bits per heavy atom. The van der Waals surface area contributed by atoms with E-state index in [1.807, 2.05) is 12.4 Å². The van der Waals surface area contributed by atoms with Gasteiger partial charge < -0.3 is 11.1 Å². The van der Waals surface area contributed by atoms with Crippen molar-refractivity contribution in [3.05, 3.63) is 0 Å². The third kappa shape index (κ3) is 8.61. The second-order valence-electron chi connectivity index (χ2n) is 2.47. The Kier molecular flexibility index (Phi) is 6.62. The molecule has 0 aromatic carbocycles. The minimum Gasteiger partial charge on any atom is -0.368 e. The Morgan fingerprint density at radius 2 is 2.15 bits per heavy atom. The molecule has 0 aliphatic carbocycles. The molecule has 0 bridgehead atoms. The second kappa shape index (κ2) is 7.35. The second-order valence-corrected chi connectivity index (χ2v) is 2.47. The van der Waals surface area contributed by atoms with Crippen molar-refractivity contribution in [3.63, 3.8) is 0 Å². The van der Waals surface area contributed by atoms with Crippen molar-refractivity contribution < 1.29 is 14.4 Å². The van der Waals surface area contributed by atoms with E-state index in [-0.39, 0.29) is 6.61 Å². The molecule has 0 heterocycles. The fourth-order valence-electron chi connectivity index (χ4n) is 0.588. The van der Waals surface area contributed by atoms with Crippen LogP contribution in [0.5, 0.6) is 0 Å². The molecule has 0 spiro atoms. The largest absolute Gasteiger partial charge is 0.368 e. The number of nitrogens with two attached hydrogens (primary N) is 1. The highest BCUT2D eigenvalue weighted by atomic mass is 16.7. The van der Waals surface area contributed by atoms with Gasteiger partial charge >= 0.3 is 6.03 Å². The minimum atomic E-state index is -0.631. The molecule has 0 saturated carbocycles. The summed E-state index contributed by atoms with van der Waals surface area (Å²) in [6.45, 7) is 2.28. The molecule has 0 fully saturated rings. The Balaban J connectivity index is 3.25. The first-order chi connectivity index (χ1) is 6.16. The summed E-state index contributed by atoms with van der Waals surface area (Å²) >= 11 is 0. The quantitative estimate of drug-likeness (QED) is 0.388. The van der Waals surface area contributed by atoms with Gasteiger partial charge in [-0.15, -0.1) is 0 Å². The lowest BCUT2D eigenvalue weighted by Gasteiger charge is -2.05. The summed E-state index contributed by atoms with van der Waals surface area (Å²) in [5.74, 6) is -0.631. The smallest absolute Gasteiger partial charge is 0.338 e. The number of carbonyl (C=O) groups excluding carboxylic acids is 2. The van der Waals surface area contributed by atoms with E-state index < -0.39 is 11.9 Å². The summed E-state index contributed by atoms with van der Waals surface area (Å²) < 4.78 is 0. The van der Waals surface area contributed by atoms with Crippen LogP contribution in [-0.2, 0) is 9.63 Å². The average molecular weight is 189 g/mol. The maximum atomic E-state index is 10.8. The summed E-state index contributed by atoms with van der Waals surface area (Å²) in [6.07, 6.45) is 1.91. The Bertz CT molecular complexity index is 172. The number of hydrogen-bond donors (Lipinski definition) is 3. The Hall–Kier alpha value is -1.30. The zero-order valence-corrected chi connectivity index (χ0v) is 7.63. The van der Waals surface area contributed by atoms with E-state index >= 15 is 0 Å². The van der Waals surface area contributed by atoms with Crippen molar-refractivity contribution in [1.82, 2.24) is 10.8 Å². The van der Waals surface area contributed by atoms with Gasteiger partial charge in [-0.25, -0.2) is 10.3 Å². The van der Waals surface area contributed by atoms with Crippen molar-refractivity contribution in [3.8, 4) is 0 Å². The molecule has 0 aliphatic heterocycles. The van der Waals surface area contributed by atoms with Crippen molar-refractivity contribution in [2.45, 2.75) is 19.8 Å². The summed E-state index contributed by atoms with van der Waals surface area (Å²) in [6, 6.07) is -0.463. The van der Waals surface area contributed by atoms with Gasteiger partial charge in [-0.3, -0.25) is 9.63 Å². The number of unbranched alkanes of at least 4 members (excludes halogenated alkanes) is 1. The minimum absolute atomic E-state index is 0.318. The zero-order chi connectivity index (χ0) is 10.1. The summed E-state index contributed by atoms with van der Waals surface area (Å²) in [7, 11) is 0. The summed E-state index contributed by atoms with van der Waals surface area (Å²) in [5, 5.41) is 2.53. The third-order valence-corrected chi connectivity index (χ3v) is 1.20. The highest BCUT2D eigenvalue weighted by Crippen LogP contribution is 1.81. The van der Waals surface area contributed by atoms with Crippen LogP contribution in [0.1, 0.15) is 19.8 Å². The van der Waals surface area contributed by atoms with Crippen molar-refractivity contribution in [2.24, 2.45) is 5.73 Å². The number of hydroxylamine groups is 1. The fourth-order valence-corrected chi connectivity index (χ4v) is 0.588. The average Bonchev–Trinajstić information content (AvgIpc) is 2.04. The molecule has 0 radical (unpaired) electrons. The monoisotopic (exact) mass is 189 g/mol.